The Morgan fingerprint density at radius 1 is 1.07 bits per heavy atom. The molecule has 1 saturated carbocycles. The summed E-state index contributed by atoms with van der Waals surface area (Å²) in [6.45, 7) is 3.94. The summed E-state index contributed by atoms with van der Waals surface area (Å²) >= 11 is 0. The van der Waals surface area contributed by atoms with E-state index in [-0.39, 0.29) is 29.9 Å². The summed E-state index contributed by atoms with van der Waals surface area (Å²) in [5.41, 5.74) is 0. The van der Waals surface area contributed by atoms with E-state index in [2.05, 4.69) is 5.32 Å². The highest BCUT2D eigenvalue weighted by Crippen LogP contribution is 2.28. The molecule has 0 radical (unpaired) electrons. The summed E-state index contributed by atoms with van der Waals surface area (Å²) in [6, 6.07) is 0.399. The molecule has 0 aromatic carbocycles. The van der Waals surface area contributed by atoms with Crippen LogP contribution < -0.4 is 5.32 Å². The van der Waals surface area contributed by atoms with E-state index < -0.39 is 0 Å². The third-order valence-electron chi connectivity index (χ3n) is 6.16. The summed E-state index contributed by atoms with van der Waals surface area (Å²) in [7, 11) is 0. The average Bonchev–Trinajstić information content (AvgIpc) is 2.87. The molecular formula is C20H33N3O4. The van der Waals surface area contributed by atoms with Crippen molar-refractivity contribution >= 4 is 17.9 Å². The fourth-order valence-corrected chi connectivity index (χ4v) is 4.57. The van der Waals surface area contributed by atoms with Crippen molar-refractivity contribution in [3.63, 3.8) is 0 Å². The average molecular weight is 380 g/mol. The first-order valence-corrected chi connectivity index (χ1v) is 10.6. The van der Waals surface area contributed by atoms with Crippen molar-refractivity contribution in [2.75, 3.05) is 26.2 Å². The second kappa shape index (κ2) is 9.42. The Balaban J connectivity index is 1.45. The van der Waals surface area contributed by atoms with E-state index in [4.69, 9.17) is 4.74 Å². The molecule has 0 aromatic rings. The number of carbonyl (C=O) groups excluding carboxylic acids is 3. The number of amides is 3. The number of piperidine rings is 1. The number of hydrogen-bond donors (Lipinski definition) is 1. The van der Waals surface area contributed by atoms with Crippen LogP contribution in [0.4, 0.5) is 4.79 Å². The molecule has 2 heterocycles. The predicted molar refractivity (Wildman–Crippen MR) is 101 cm³/mol. The molecule has 2 aliphatic heterocycles. The molecular weight excluding hydrogens is 346 g/mol. The number of nitrogens with one attached hydrogen (secondary N) is 1. The molecule has 3 amide bonds. The van der Waals surface area contributed by atoms with Gasteiger partial charge in [-0.3, -0.25) is 9.59 Å². The summed E-state index contributed by atoms with van der Waals surface area (Å²) < 4.78 is 5.03. The van der Waals surface area contributed by atoms with Crippen LogP contribution >= 0.6 is 0 Å². The zero-order valence-electron chi connectivity index (χ0n) is 16.5. The Labute approximate surface area is 161 Å². The molecule has 3 aliphatic rings. The molecule has 7 nitrogen and oxygen atoms in total. The molecule has 1 atom stereocenters. The highest BCUT2D eigenvalue weighted by molar-refractivity contribution is 5.89. The van der Waals surface area contributed by atoms with E-state index in [1.54, 1.807) is 11.8 Å². The van der Waals surface area contributed by atoms with Crippen LogP contribution in [0.5, 0.6) is 0 Å². The van der Waals surface area contributed by atoms with E-state index in [0.717, 1.165) is 25.7 Å². The number of hydrogen-bond acceptors (Lipinski definition) is 4. The van der Waals surface area contributed by atoms with Gasteiger partial charge in [-0.25, -0.2) is 4.79 Å². The lowest BCUT2D eigenvalue weighted by Crippen LogP contribution is -2.48. The van der Waals surface area contributed by atoms with Gasteiger partial charge >= 0.3 is 6.09 Å². The Bertz CT molecular complexity index is 537. The normalized spacial score (nSPS) is 25.4. The smallest absolute Gasteiger partial charge is 0.409 e. The van der Waals surface area contributed by atoms with Crippen LogP contribution in [0.25, 0.3) is 0 Å². The predicted octanol–water partition coefficient (Wildman–Crippen LogP) is 2.29. The van der Waals surface area contributed by atoms with Crippen LogP contribution in [0, 0.1) is 5.92 Å². The van der Waals surface area contributed by atoms with Crippen LogP contribution in [0.1, 0.15) is 64.7 Å². The van der Waals surface area contributed by atoms with Gasteiger partial charge in [0.15, 0.2) is 0 Å². The fraction of sp³-hybridized carbons (Fsp3) is 0.850. The maximum atomic E-state index is 12.7. The lowest BCUT2D eigenvalue weighted by Gasteiger charge is -2.32. The van der Waals surface area contributed by atoms with Gasteiger partial charge in [-0.1, -0.05) is 25.7 Å². The fourth-order valence-electron chi connectivity index (χ4n) is 4.57. The van der Waals surface area contributed by atoms with Crippen molar-refractivity contribution in [2.24, 2.45) is 5.92 Å². The lowest BCUT2D eigenvalue weighted by molar-refractivity contribution is -0.130. The topological polar surface area (TPSA) is 79.0 Å². The van der Waals surface area contributed by atoms with Crippen molar-refractivity contribution in [3.8, 4) is 0 Å². The van der Waals surface area contributed by atoms with Crippen LogP contribution in [0.3, 0.4) is 0 Å². The molecule has 1 aliphatic carbocycles. The summed E-state index contributed by atoms with van der Waals surface area (Å²) in [5.74, 6) is -0.0999. The number of carbonyl (C=O) groups is 3. The van der Waals surface area contributed by atoms with Crippen molar-refractivity contribution < 1.29 is 19.1 Å². The maximum Gasteiger partial charge on any atom is 0.409 e. The van der Waals surface area contributed by atoms with E-state index in [1.807, 2.05) is 4.90 Å². The zero-order valence-corrected chi connectivity index (χ0v) is 16.5. The molecule has 3 fully saturated rings. The Morgan fingerprint density at radius 3 is 2.37 bits per heavy atom. The van der Waals surface area contributed by atoms with Gasteiger partial charge in [0.05, 0.1) is 12.5 Å². The number of nitrogens with zero attached hydrogens (tertiary/aromatic N) is 2. The number of rotatable bonds is 4. The SMILES string of the molecule is CCOC(=O)N1CCC(NC(=O)C2CC(=O)N(C3CCCCCC3)C2)CC1. The van der Waals surface area contributed by atoms with Crippen molar-refractivity contribution in [1.29, 1.82) is 0 Å². The van der Waals surface area contributed by atoms with Gasteiger partial charge in [0, 0.05) is 38.1 Å². The van der Waals surface area contributed by atoms with Gasteiger partial charge in [-0.2, -0.15) is 0 Å². The maximum absolute atomic E-state index is 12.7. The minimum atomic E-state index is -0.275. The second-order valence-electron chi connectivity index (χ2n) is 8.06. The summed E-state index contributed by atoms with van der Waals surface area (Å²) in [5, 5.41) is 3.11. The molecule has 0 bridgehead atoms. The van der Waals surface area contributed by atoms with Gasteiger partial charge in [0.25, 0.3) is 0 Å². The van der Waals surface area contributed by atoms with Gasteiger partial charge in [-0.15, -0.1) is 0 Å². The number of ether oxygens (including phenoxy) is 1. The molecule has 1 unspecified atom stereocenters. The van der Waals surface area contributed by atoms with E-state index in [9.17, 15) is 14.4 Å². The minimum absolute atomic E-state index is 0.00550. The standard InChI is InChI=1S/C20H33N3O4/c1-2-27-20(26)22-11-9-16(10-12-22)21-19(25)15-13-18(24)23(14-15)17-7-5-3-4-6-8-17/h15-17H,2-14H2,1H3,(H,21,25). The molecule has 2 saturated heterocycles. The first-order valence-electron chi connectivity index (χ1n) is 10.6. The Morgan fingerprint density at radius 2 is 1.74 bits per heavy atom. The lowest BCUT2D eigenvalue weighted by atomic mass is 10.0. The quantitative estimate of drug-likeness (QED) is 0.760. The first-order chi connectivity index (χ1) is 13.1. The van der Waals surface area contributed by atoms with E-state index in [1.165, 1.54) is 25.7 Å². The summed E-state index contributed by atoms with van der Waals surface area (Å²) in [4.78, 5) is 40.6. The molecule has 1 N–H and O–H groups in total. The molecule has 3 rings (SSSR count). The van der Waals surface area contributed by atoms with Gasteiger partial charge in [-0.05, 0) is 32.6 Å². The van der Waals surface area contributed by atoms with Crippen molar-refractivity contribution in [3.05, 3.63) is 0 Å². The largest absolute Gasteiger partial charge is 0.450 e. The van der Waals surface area contributed by atoms with Gasteiger partial charge in [0.2, 0.25) is 11.8 Å². The van der Waals surface area contributed by atoms with Crippen molar-refractivity contribution in [1.82, 2.24) is 15.1 Å². The zero-order chi connectivity index (χ0) is 19.2. The molecule has 7 heteroatoms. The van der Waals surface area contributed by atoms with E-state index >= 15 is 0 Å². The second-order valence-corrected chi connectivity index (χ2v) is 8.06. The first kappa shape index (κ1) is 20.0. The third kappa shape index (κ3) is 5.14. The highest BCUT2D eigenvalue weighted by Gasteiger charge is 2.38. The van der Waals surface area contributed by atoms with Crippen LogP contribution in [-0.2, 0) is 14.3 Å². The van der Waals surface area contributed by atoms with E-state index in [0.29, 0.717) is 38.7 Å². The minimum Gasteiger partial charge on any atom is -0.450 e. The summed E-state index contributed by atoms with van der Waals surface area (Å²) in [6.07, 6.45) is 8.56. The monoisotopic (exact) mass is 379 g/mol. The highest BCUT2D eigenvalue weighted by atomic mass is 16.6. The van der Waals surface area contributed by atoms with Crippen molar-refractivity contribution in [2.45, 2.75) is 76.8 Å². The Kier molecular flexibility index (Phi) is 6.96. The van der Waals surface area contributed by atoms with Crippen LogP contribution in [0.15, 0.2) is 0 Å². The Hall–Kier alpha value is -1.79. The van der Waals surface area contributed by atoms with Gasteiger partial charge < -0.3 is 19.9 Å². The van der Waals surface area contributed by atoms with Crippen LogP contribution in [0.2, 0.25) is 0 Å². The third-order valence-corrected chi connectivity index (χ3v) is 6.16. The molecule has 0 spiro atoms. The molecule has 27 heavy (non-hydrogen) atoms. The molecule has 152 valence electrons. The van der Waals surface area contributed by atoms with Gasteiger partial charge in [0.1, 0.15) is 0 Å². The molecule has 0 aromatic heterocycles. The van der Waals surface area contributed by atoms with Crippen LogP contribution in [-0.4, -0.2) is 66.0 Å². The number of likely N-dealkylation sites (tertiary alicyclic amines) is 2.